The van der Waals surface area contributed by atoms with Gasteiger partial charge < -0.3 is 24.5 Å². The third kappa shape index (κ3) is 4.31. The van der Waals surface area contributed by atoms with Crippen molar-refractivity contribution in [3.05, 3.63) is 63.9 Å². The van der Waals surface area contributed by atoms with Crippen LogP contribution in [0.5, 0.6) is 11.5 Å². The predicted molar refractivity (Wildman–Crippen MR) is 134 cm³/mol. The van der Waals surface area contributed by atoms with Crippen LogP contribution in [0.3, 0.4) is 0 Å². The number of benzene rings is 1. The molecule has 2 atom stereocenters. The molecular formula is C27H30N2O5S. The minimum Gasteiger partial charge on any atom is -0.493 e. The first-order valence-corrected chi connectivity index (χ1v) is 12.8. The molecule has 1 aromatic carbocycles. The summed E-state index contributed by atoms with van der Waals surface area (Å²) in [6, 6.07) is 8.39. The molecule has 35 heavy (non-hydrogen) atoms. The van der Waals surface area contributed by atoms with Crippen LogP contribution >= 0.6 is 11.3 Å². The summed E-state index contributed by atoms with van der Waals surface area (Å²) in [7, 11) is 1.51. The summed E-state index contributed by atoms with van der Waals surface area (Å²) >= 11 is 1.71. The monoisotopic (exact) mass is 494 g/mol. The normalized spacial score (nSPS) is 19.3. The Morgan fingerprint density at radius 1 is 1.23 bits per heavy atom. The summed E-state index contributed by atoms with van der Waals surface area (Å²) in [5.74, 6) is 0.733. The van der Waals surface area contributed by atoms with Crippen LogP contribution < -0.4 is 20.1 Å². The van der Waals surface area contributed by atoms with Crippen LogP contribution in [0.4, 0.5) is 5.00 Å². The van der Waals surface area contributed by atoms with Crippen LogP contribution in [0, 0.1) is 11.3 Å². The number of carbonyl (C=O) groups excluding carboxylic acids is 2. The highest BCUT2D eigenvalue weighted by molar-refractivity contribution is 7.16. The fraction of sp³-hybridized carbons (Fsp3) is 0.407. The van der Waals surface area contributed by atoms with Gasteiger partial charge in [-0.3, -0.25) is 4.79 Å². The van der Waals surface area contributed by atoms with Gasteiger partial charge in [-0.2, -0.15) is 0 Å². The van der Waals surface area contributed by atoms with E-state index >= 15 is 0 Å². The third-order valence-electron chi connectivity index (χ3n) is 7.51. The zero-order valence-corrected chi connectivity index (χ0v) is 21.2. The number of hydrogen-bond acceptors (Lipinski definition) is 7. The maximum atomic E-state index is 13.2. The lowest BCUT2D eigenvalue weighted by Gasteiger charge is -2.36. The highest BCUT2D eigenvalue weighted by Gasteiger charge is 2.37. The van der Waals surface area contributed by atoms with Gasteiger partial charge in [0.05, 0.1) is 18.9 Å². The van der Waals surface area contributed by atoms with Crippen molar-refractivity contribution < 1.29 is 23.5 Å². The molecule has 1 aliphatic heterocycles. The number of methoxy groups -OCH3 is 1. The van der Waals surface area contributed by atoms with Gasteiger partial charge in [-0.15, -0.1) is 11.3 Å². The van der Waals surface area contributed by atoms with Gasteiger partial charge in [0.25, 0.3) is 5.91 Å². The van der Waals surface area contributed by atoms with Gasteiger partial charge in [0, 0.05) is 4.88 Å². The highest BCUT2D eigenvalue weighted by Crippen LogP contribution is 2.47. The second-order valence-corrected chi connectivity index (χ2v) is 10.9. The van der Waals surface area contributed by atoms with Crippen LogP contribution in [0.1, 0.15) is 76.7 Å². The summed E-state index contributed by atoms with van der Waals surface area (Å²) in [5, 5.41) is 7.52. The Balaban J connectivity index is 1.37. The molecule has 2 aliphatic rings. The molecule has 0 spiro atoms. The topological polar surface area (TPSA) is 89.8 Å². The molecule has 184 valence electrons. The lowest BCUT2D eigenvalue weighted by Crippen LogP contribution is -2.38. The number of furan rings is 1. The van der Waals surface area contributed by atoms with Gasteiger partial charge in [0.15, 0.2) is 11.5 Å². The van der Waals surface area contributed by atoms with Gasteiger partial charge in [-0.25, -0.2) is 4.79 Å². The van der Waals surface area contributed by atoms with Crippen molar-refractivity contribution in [2.24, 2.45) is 11.3 Å². The van der Waals surface area contributed by atoms with Crippen molar-refractivity contribution in [3.63, 3.8) is 0 Å². The van der Waals surface area contributed by atoms with Crippen LogP contribution in [-0.4, -0.2) is 19.0 Å². The molecule has 1 amide bonds. The van der Waals surface area contributed by atoms with E-state index in [0.29, 0.717) is 17.1 Å². The van der Waals surface area contributed by atoms with Crippen molar-refractivity contribution in [2.75, 3.05) is 12.4 Å². The summed E-state index contributed by atoms with van der Waals surface area (Å²) in [6.07, 6.45) is 5.23. The van der Waals surface area contributed by atoms with Crippen molar-refractivity contribution in [2.45, 2.75) is 52.6 Å². The van der Waals surface area contributed by atoms with Gasteiger partial charge in [0.1, 0.15) is 11.2 Å². The van der Waals surface area contributed by atoms with Crippen molar-refractivity contribution in [1.29, 1.82) is 0 Å². The Morgan fingerprint density at radius 2 is 2.06 bits per heavy atom. The smallest absolute Gasteiger partial charge is 0.379 e. The molecule has 2 aromatic heterocycles. The maximum absolute atomic E-state index is 13.2. The first-order valence-electron chi connectivity index (χ1n) is 12.0. The van der Waals surface area contributed by atoms with E-state index in [1.807, 2.05) is 6.07 Å². The molecule has 3 aromatic rings. The number of nitrogens with one attached hydrogen (secondary N) is 2. The van der Waals surface area contributed by atoms with E-state index in [1.54, 1.807) is 29.5 Å². The average Bonchev–Trinajstić information content (AvgIpc) is 3.52. The number of carbonyl (C=O) groups is 2. The predicted octanol–water partition coefficient (Wildman–Crippen LogP) is 5.96. The van der Waals surface area contributed by atoms with Crippen molar-refractivity contribution in [1.82, 2.24) is 5.32 Å². The molecule has 0 radical (unpaired) electrons. The molecular weight excluding hydrogens is 464 g/mol. The molecule has 0 saturated carbocycles. The minimum absolute atomic E-state index is 0.0539. The zero-order chi connectivity index (χ0) is 24.7. The number of hydrogen-bond donors (Lipinski definition) is 2. The maximum Gasteiger partial charge on any atom is 0.379 e. The molecule has 0 bridgehead atoms. The highest BCUT2D eigenvalue weighted by atomic mass is 32.1. The third-order valence-corrected chi connectivity index (χ3v) is 8.69. The molecule has 8 heteroatoms. The number of amides is 1. The minimum atomic E-state index is -0.608. The van der Waals surface area contributed by atoms with E-state index < -0.39 is 12.1 Å². The second kappa shape index (κ2) is 9.07. The summed E-state index contributed by atoms with van der Waals surface area (Å²) in [5.41, 5.74) is 3.09. The molecule has 7 nitrogen and oxygen atoms in total. The lowest BCUT2D eigenvalue weighted by atomic mass is 9.69. The molecule has 0 fully saturated rings. The number of fused-ring (bicyclic) bond motifs is 3. The van der Waals surface area contributed by atoms with E-state index in [0.717, 1.165) is 41.8 Å². The average molecular weight is 495 g/mol. The number of thiophene rings is 1. The quantitative estimate of drug-likeness (QED) is 0.324. The van der Waals surface area contributed by atoms with Crippen LogP contribution in [0.15, 0.2) is 41.0 Å². The summed E-state index contributed by atoms with van der Waals surface area (Å²) in [6.45, 7) is 6.95. The molecule has 0 saturated heterocycles. The summed E-state index contributed by atoms with van der Waals surface area (Å²) < 4.78 is 16.0. The largest absolute Gasteiger partial charge is 0.493 e. The van der Waals surface area contributed by atoms with Crippen molar-refractivity contribution in [3.8, 4) is 11.5 Å². The molecule has 5 rings (SSSR count). The molecule has 1 aliphatic carbocycles. The zero-order valence-electron chi connectivity index (χ0n) is 20.4. The Hall–Kier alpha value is -3.26. The van der Waals surface area contributed by atoms with Gasteiger partial charge in [0.2, 0.25) is 5.76 Å². The fourth-order valence-corrected chi connectivity index (χ4v) is 6.27. The molecule has 2 N–H and O–H groups in total. The van der Waals surface area contributed by atoms with E-state index in [4.69, 9.17) is 13.9 Å². The SMILES string of the molecule is CCC(C)(C)[C@@H]1CCc2c(sc3c2C(=O)N[C@H](c2ccc(OC(=O)c4ccco4)c(OC)c2)N3)C1. The summed E-state index contributed by atoms with van der Waals surface area (Å²) in [4.78, 5) is 26.8. The van der Waals surface area contributed by atoms with E-state index in [-0.39, 0.29) is 17.4 Å². The Bertz CT molecular complexity index is 1260. The first kappa shape index (κ1) is 23.5. The van der Waals surface area contributed by atoms with E-state index in [1.165, 1.54) is 29.9 Å². The lowest BCUT2D eigenvalue weighted by molar-refractivity contribution is 0.0696. The number of esters is 1. The first-order chi connectivity index (χ1) is 16.8. The van der Waals surface area contributed by atoms with Crippen molar-refractivity contribution >= 4 is 28.2 Å². The van der Waals surface area contributed by atoms with Gasteiger partial charge in [-0.05, 0) is 66.0 Å². The number of rotatable bonds is 6. The van der Waals surface area contributed by atoms with Crippen LogP contribution in [0.25, 0.3) is 0 Å². The Labute approximate surface area is 208 Å². The van der Waals surface area contributed by atoms with Gasteiger partial charge in [-0.1, -0.05) is 33.3 Å². The second-order valence-electron chi connectivity index (χ2n) is 9.82. The van der Waals surface area contributed by atoms with E-state index in [2.05, 4.69) is 31.4 Å². The van der Waals surface area contributed by atoms with E-state index in [9.17, 15) is 9.59 Å². The van der Waals surface area contributed by atoms with Gasteiger partial charge >= 0.3 is 5.97 Å². The fourth-order valence-electron chi connectivity index (χ4n) is 4.91. The van der Waals surface area contributed by atoms with Crippen LogP contribution in [-0.2, 0) is 12.8 Å². The molecule has 0 unspecified atom stereocenters. The Morgan fingerprint density at radius 3 is 2.77 bits per heavy atom. The number of anilines is 1. The van der Waals surface area contributed by atoms with Crippen LogP contribution in [0.2, 0.25) is 0 Å². The Kier molecular flexibility index (Phi) is 6.09. The molecule has 3 heterocycles. The standard InChI is InChI=1S/C27H30N2O5S/c1-5-27(2,3)16-9-10-17-21(14-16)35-25-22(17)24(30)28-23(29-25)15-8-11-18(20(13-15)32-4)34-26(31)19-7-6-12-33-19/h6-8,11-13,16,23,29H,5,9-10,14H2,1-4H3,(H,28,30)/t16-,23+/m1/s1. The number of ether oxygens (including phenoxy) is 2.